The predicted octanol–water partition coefficient (Wildman–Crippen LogP) is 4.69. The van der Waals surface area contributed by atoms with Gasteiger partial charge in [-0.2, -0.15) is 0 Å². The van der Waals surface area contributed by atoms with E-state index in [1.54, 1.807) is 24.3 Å². The van der Waals surface area contributed by atoms with Crippen LogP contribution in [0.25, 0.3) is 0 Å². The second-order valence-corrected chi connectivity index (χ2v) is 6.35. The predicted molar refractivity (Wildman–Crippen MR) is 98.6 cm³/mol. The first-order chi connectivity index (χ1) is 12.0. The molecule has 5 heteroatoms. The number of carbonyl (C=O) groups excluding carboxylic acids is 1. The van der Waals surface area contributed by atoms with E-state index in [0.29, 0.717) is 23.7 Å². The highest BCUT2D eigenvalue weighted by atomic mass is 35.5. The molecule has 0 bridgehead atoms. The molecule has 0 fully saturated rings. The van der Waals surface area contributed by atoms with Crippen LogP contribution in [0.4, 0.5) is 4.39 Å². The molecule has 1 unspecified atom stereocenters. The minimum Gasteiger partial charge on any atom is -0.481 e. The molecular formula is C20H23ClFNO2. The van der Waals surface area contributed by atoms with E-state index in [0.717, 1.165) is 24.0 Å². The fourth-order valence-corrected chi connectivity index (χ4v) is 2.56. The van der Waals surface area contributed by atoms with E-state index >= 15 is 0 Å². The molecule has 0 aliphatic carbocycles. The highest BCUT2D eigenvalue weighted by Crippen LogP contribution is 2.22. The molecule has 25 heavy (non-hydrogen) atoms. The van der Waals surface area contributed by atoms with Crippen LogP contribution in [0.15, 0.2) is 42.5 Å². The molecule has 0 radical (unpaired) electrons. The second kappa shape index (κ2) is 9.42. The third-order valence-electron chi connectivity index (χ3n) is 3.93. The molecule has 134 valence electrons. The largest absolute Gasteiger partial charge is 0.481 e. The van der Waals surface area contributed by atoms with E-state index < -0.39 is 6.10 Å². The maximum atomic E-state index is 12.9. The summed E-state index contributed by atoms with van der Waals surface area (Å²) in [6, 6.07) is 11.8. The summed E-state index contributed by atoms with van der Waals surface area (Å²) in [6.07, 6.45) is 1.61. The standard InChI is InChI=1S/C20H23ClFNO2/c1-3-19(25-17-10-11-18(21)14(2)13-17)20(24)23-12-4-5-15-6-8-16(22)9-7-15/h6-11,13,19H,3-5,12H2,1-2H3,(H,23,24). The molecule has 0 heterocycles. The summed E-state index contributed by atoms with van der Waals surface area (Å²) in [6.45, 7) is 4.35. The second-order valence-electron chi connectivity index (χ2n) is 5.95. The minimum absolute atomic E-state index is 0.130. The number of halogens is 2. The fourth-order valence-electron chi connectivity index (χ4n) is 2.45. The quantitative estimate of drug-likeness (QED) is 0.691. The van der Waals surface area contributed by atoms with Gasteiger partial charge in [-0.3, -0.25) is 4.79 Å². The summed E-state index contributed by atoms with van der Waals surface area (Å²) in [5.74, 6) is 0.266. The molecule has 2 rings (SSSR count). The lowest BCUT2D eigenvalue weighted by molar-refractivity contribution is -0.128. The van der Waals surface area contributed by atoms with E-state index in [4.69, 9.17) is 16.3 Å². The number of nitrogens with one attached hydrogen (secondary N) is 1. The first-order valence-electron chi connectivity index (χ1n) is 8.44. The number of rotatable bonds is 8. The van der Waals surface area contributed by atoms with Crippen molar-refractivity contribution in [3.05, 3.63) is 64.4 Å². The van der Waals surface area contributed by atoms with Gasteiger partial charge >= 0.3 is 0 Å². The van der Waals surface area contributed by atoms with Crippen LogP contribution in [0, 0.1) is 12.7 Å². The molecule has 0 spiro atoms. The zero-order valence-corrected chi connectivity index (χ0v) is 15.3. The number of ether oxygens (including phenoxy) is 1. The lowest BCUT2D eigenvalue weighted by Gasteiger charge is -2.18. The van der Waals surface area contributed by atoms with E-state index in [1.165, 1.54) is 12.1 Å². The van der Waals surface area contributed by atoms with Gasteiger partial charge in [0.25, 0.3) is 5.91 Å². The van der Waals surface area contributed by atoms with Crippen molar-refractivity contribution in [3.63, 3.8) is 0 Å². The molecule has 1 atom stereocenters. The minimum atomic E-state index is -0.536. The Kier molecular flexibility index (Phi) is 7.26. The van der Waals surface area contributed by atoms with Crippen molar-refractivity contribution in [2.24, 2.45) is 0 Å². The van der Waals surface area contributed by atoms with E-state index in [-0.39, 0.29) is 11.7 Å². The highest BCUT2D eigenvalue weighted by molar-refractivity contribution is 6.31. The third kappa shape index (κ3) is 6.05. The van der Waals surface area contributed by atoms with Crippen LogP contribution >= 0.6 is 11.6 Å². The molecule has 0 aromatic heterocycles. The molecule has 2 aromatic rings. The lowest BCUT2D eigenvalue weighted by Crippen LogP contribution is -2.38. The Bertz CT molecular complexity index is 703. The van der Waals surface area contributed by atoms with E-state index in [1.807, 2.05) is 19.9 Å². The van der Waals surface area contributed by atoms with Gasteiger partial charge in [0.05, 0.1) is 0 Å². The van der Waals surface area contributed by atoms with Gasteiger partial charge < -0.3 is 10.1 Å². The van der Waals surface area contributed by atoms with Crippen molar-refractivity contribution in [1.29, 1.82) is 0 Å². The molecule has 2 aromatic carbocycles. The number of amides is 1. The maximum absolute atomic E-state index is 12.9. The Balaban J connectivity index is 1.79. The van der Waals surface area contributed by atoms with Gasteiger partial charge in [0.15, 0.2) is 6.10 Å². The lowest BCUT2D eigenvalue weighted by atomic mass is 10.1. The van der Waals surface area contributed by atoms with E-state index in [2.05, 4.69) is 5.32 Å². The summed E-state index contributed by atoms with van der Waals surface area (Å²) < 4.78 is 18.6. The smallest absolute Gasteiger partial charge is 0.261 e. The van der Waals surface area contributed by atoms with Crippen LogP contribution in [-0.2, 0) is 11.2 Å². The van der Waals surface area contributed by atoms with Crippen molar-refractivity contribution in [2.45, 2.75) is 39.2 Å². The zero-order chi connectivity index (χ0) is 18.2. The van der Waals surface area contributed by atoms with Crippen LogP contribution in [0.1, 0.15) is 30.9 Å². The van der Waals surface area contributed by atoms with Gasteiger partial charge in [-0.05, 0) is 67.6 Å². The van der Waals surface area contributed by atoms with Gasteiger partial charge in [-0.15, -0.1) is 0 Å². The molecule has 0 saturated carbocycles. The van der Waals surface area contributed by atoms with E-state index in [9.17, 15) is 9.18 Å². The van der Waals surface area contributed by atoms with Gasteiger partial charge in [0, 0.05) is 11.6 Å². The van der Waals surface area contributed by atoms with Crippen molar-refractivity contribution in [2.75, 3.05) is 6.54 Å². The Morgan fingerprint density at radius 2 is 1.96 bits per heavy atom. The third-order valence-corrected chi connectivity index (χ3v) is 4.35. The SMILES string of the molecule is CCC(Oc1ccc(Cl)c(C)c1)C(=O)NCCCc1ccc(F)cc1. The molecule has 0 aliphatic rings. The topological polar surface area (TPSA) is 38.3 Å². The van der Waals surface area contributed by atoms with Crippen LogP contribution in [0.2, 0.25) is 5.02 Å². The van der Waals surface area contributed by atoms with Gasteiger partial charge in [0.2, 0.25) is 0 Å². The Hall–Kier alpha value is -2.07. The summed E-state index contributed by atoms with van der Waals surface area (Å²) >= 11 is 6.00. The zero-order valence-electron chi connectivity index (χ0n) is 14.5. The van der Waals surface area contributed by atoms with Crippen molar-refractivity contribution < 1.29 is 13.9 Å². The van der Waals surface area contributed by atoms with Crippen molar-refractivity contribution in [1.82, 2.24) is 5.32 Å². The molecule has 3 nitrogen and oxygen atoms in total. The normalized spacial score (nSPS) is 11.8. The number of hydrogen-bond acceptors (Lipinski definition) is 2. The van der Waals surface area contributed by atoms with Crippen LogP contribution in [-0.4, -0.2) is 18.6 Å². The first kappa shape index (κ1) is 19.3. The summed E-state index contributed by atoms with van der Waals surface area (Å²) in [5, 5.41) is 3.57. The van der Waals surface area contributed by atoms with Crippen molar-refractivity contribution in [3.8, 4) is 5.75 Å². The number of carbonyl (C=O) groups is 1. The molecule has 0 aliphatic heterocycles. The van der Waals surface area contributed by atoms with Gasteiger partial charge in [-0.1, -0.05) is 30.7 Å². The number of benzene rings is 2. The van der Waals surface area contributed by atoms with Gasteiger partial charge in [0.1, 0.15) is 11.6 Å². The summed E-state index contributed by atoms with van der Waals surface area (Å²) in [7, 11) is 0. The number of aryl methyl sites for hydroxylation is 2. The average Bonchev–Trinajstić information content (AvgIpc) is 2.61. The monoisotopic (exact) mass is 363 g/mol. The highest BCUT2D eigenvalue weighted by Gasteiger charge is 2.18. The molecule has 1 N–H and O–H groups in total. The summed E-state index contributed by atoms with van der Waals surface area (Å²) in [5.41, 5.74) is 1.96. The first-order valence-corrected chi connectivity index (χ1v) is 8.82. The van der Waals surface area contributed by atoms with Crippen molar-refractivity contribution >= 4 is 17.5 Å². The number of hydrogen-bond donors (Lipinski definition) is 1. The van der Waals surface area contributed by atoms with Crippen LogP contribution < -0.4 is 10.1 Å². The fraction of sp³-hybridized carbons (Fsp3) is 0.350. The Labute approximate surface area is 153 Å². The molecule has 1 amide bonds. The molecular weight excluding hydrogens is 341 g/mol. The maximum Gasteiger partial charge on any atom is 0.261 e. The Morgan fingerprint density at radius 1 is 1.24 bits per heavy atom. The molecule has 0 saturated heterocycles. The van der Waals surface area contributed by atoms with Crippen LogP contribution in [0.5, 0.6) is 5.75 Å². The van der Waals surface area contributed by atoms with Crippen LogP contribution in [0.3, 0.4) is 0 Å². The van der Waals surface area contributed by atoms with Gasteiger partial charge in [-0.25, -0.2) is 4.39 Å². The average molecular weight is 364 g/mol. The Morgan fingerprint density at radius 3 is 2.60 bits per heavy atom. The summed E-state index contributed by atoms with van der Waals surface area (Å²) in [4.78, 5) is 12.3.